The Morgan fingerprint density at radius 1 is 1.05 bits per heavy atom. The van der Waals surface area contributed by atoms with Crippen LogP contribution < -0.4 is 4.90 Å². The van der Waals surface area contributed by atoms with E-state index in [2.05, 4.69) is 20.0 Å². The molecule has 0 N–H and O–H groups in total. The van der Waals surface area contributed by atoms with Crippen LogP contribution in [0.25, 0.3) is 0 Å². The third kappa shape index (κ3) is 2.17. The molecule has 1 saturated heterocycles. The molecule has 4 rings (SSSR count). The minimum Gasteiger partial charge on any atom is -0.344 e. The van der Waals surface area contributed by atoms with Gasteiger partial charge in [0.25, 0.3) is 0 Å². The van der Waals surface area contributed by atoms with Crippen molar-refractivity contribution in [1.29, 1.82) is 0 Å². The molecule has 3 aliphatic rings. The Labute approximate surface area is 118 Å². The Bertz CT molecular complexity index is 452. The molecule has 1 aliphatic heterocycles. The van der Waals surface area contributed by atoms with Gasteiger partial charge in [-0.05, 0) is 38.0 Å². The van der Waals surface area contributed by atoms with Crippen molar-refractivity contribution in [2.24, 2.45) is 11.8 Å². The maximum absolute atomic E-state index is 4.28. The summed E-state index contributed by atoms with van der Waals surface area (Å²) in [5.74, 6) is 2.07. The highest BCUT2D eigenvalue weighted by Gasteiger charge is 2.42. The molecule has 3 atom stereocenters. The fraction of sp³-hybridized carbons (Fsp3) is 0.857. The van der Waals surface area contributed by atoms with Crippen molar-refractivity contribution in [3.8, 4) is 0 Å². The molecule has 5 heteroatoms. The van der Waals surface area contributed by atoms with Gasteiger partial charge in [-0.15, -0.1) is 10.2 Å². The van der Waals surface area contributed by atoms with Crippen molar-refractivity contribution in [3.05, 3.63) is 5.01 Å². The van der Waals surface area contributed by atoms with Crippen molar-refractivity contribution in [2.75, 3.05) is 31.1 Å². The molecule has 2 bridgehead atoms. The summed E-state index contributed by atoms with van der Waals surface area (Å²) in [7, 11) is 0. The van der Waals surface area contributed by atoms with E-state index in [4.69, 9.17) is 0 Å². The highest BCUT2D eigenvalue weighted by molar-refractivity contribution is 7.15. The molecular formula is C14H22N4S. The van der Waals surface area contributed by atoms with Gasteiger partial charge >= 0.3 is 0 Å². The smallest absolute Gasteiger partial charge is 0.208 e. The largest absolute Gasteiger partial charge is 0.344 e. The fourth-order valence-electron chi connectivity index (χ4n) is 4.32. The molecule has 3 fully saturated rings. The maximum atomic E-state index is 4.28. The minimum atomic E-state index is 0.900. The number of nitrogens with zero attached hydrogens (tertiary/aromatic N) is 4. The Morgan fingerprint density at radius 2 is 1.89 bits per heavy atom. The first-order valence-electron chi connectivity index (χ1n) is 7.59. The highest BCUT2D eigenvalue weighted by Crippen LogP contribution is 2.46. The first-order chi connectivity index (χ1) is 9.29. The molecule has 19 heavy (non-hydrogen) atoms. The van der Waals surface area contributed by atoms with Crippen LogP contribution in [0.15, 0.2) is 0 Å². The summed E-state index contributed by atoms with van der Waals surface area (Å²) in [6, 6.07) is 0.900. The van der Waals surface area contributed by atoms with E-state index in [9.17, 15) is 0 Å². The van der Waals surface area contributed by atoms with E-state index in [1.54, 1.807) is 11.3 Å². The third-order valence-electron chi connectivity index (χ3n) is 5.27. The zero-order valence-corrected chi connectivity index (χ0v) is 12.4. The normalized spacial score (nSPS) is 35.2. The quantitative estimate of drug-likeness (QED) is 0.830. The zero-order valence-electron chi connectivity index (χ0n) is 11.6. The van der Waals surface area contributed by atoms with Crippen LogP contribution in [-0.4, -0.2) is 47.3 Å². The van der Waals surface area contributed by atoms with Gasteiger partial charge in [0.2, 0.25) is 5.13 Å². The molecular weight excluding hydrogens is 256 g/mol. The molecule has 2 heterocycles. The summed E-state index contributed by atoms with van der Waals surface area (Å²) in [5, 5.41) is 10.6. The van der Waals surface area contributed by atoms with Gasteiger partial charge in [-0.3, -0.25) is 4.90 Å². The van der Waals surface area contributed by atoms with Crippen LogP contribution >= 0.6 is 11.3 Å². The van der Waals surface area contributed by atoms with Gasteiger partial charge in [0.15, 0.2) is 0 Å². The average Bonchev–Trinajstić information content (AvgIpc) is 3.14. The lowest BCUT2D eigenvalue weighted by molar-refractivity contribution is 0.135. The maximum Gasteiger partial charge on any atom is 0.208 e. The predicted octanol–water partition coefficient (Wildman–Crippen LogP) is 2.16. The number of fused-ring (bicyclic) bond motifs is 2. The molecule has 0 aromatic carbocycles. The summed E-state index contributed by atoms with van der Waals surface area (Å²) < 4.78 is 0. The molecule has 2 aliphatic carbocycles. The SMILES string of the molecule is Cc1nnc(N2CCN(C3CC4CCC3C4)CC2)s1. The molecule has 4 nitrogen and oxygen atoms in total. The molecule has 2 saturated carbocycles. The van der Waals surface area contributed by atoms with Crippen LogP contribution in [0, 0.1) is 18.8 Å². The minimum absolute atomic E-state index is 0.900. The fourth-order valence-corrected chi connectivity index (χ4v) is 5.06. The van der Waals surface area contributed by atoms with Gasteiger partial charge in [-0.2, -0.15) is 0 Å². The summed E-state index contributed by atoms with van der Waals surface area (Å²) in [4.78, 5) is 5.17. The summed E-state index contributed by atoms with van der Waals surface area (Å²) in [6.45, 7) is 6.72. The molecule has 0 radical (unpaired) electrons. The number of piperazine rings is 1. The number of hydrogen-bond acceptors (Lipinski definition) is 5. The molecule has 0 amide bonds. The second-order valence-electron chi connectivity index (χ2n) is 6.37. The number of hydrogen-bond donors (Lipinski definition) is 0. The second kappa shape index (κ2) is 4.70. The summed E-state index contributed by atoms with van der Waals surface area (Å²) in [6.07, 6.45) is 5.99. The van der Waals surface area contributed by atoms with E-state index < -0.39 is 0 Å². The van der Waals surface area contributed by atoms with Crippen LogP contribution in [0.5, 0.6) is 0 Å². The number of anilines is 1. The lowest BCUT2D eigenvalue weighted by atomic mass is 9.93. The lowest BCUT2D eigenvalue weighted by Crippen LogP contribution is -2.51. The van der Waals surface area contributed by atoms with Crippen molar-refractivity contribution in [1.82, 2.24) is 15.1 Å². The van der Waals surface area contributed by atoms with Gasteiger partial charge < -0.3 is 4.90 Å². The van der Waals surface area contributed by atoms with Crippen LogP contribution in [0.3, 0.4) is 0 Å². The van der Waals surface area contributed by atoms with Crippen LogP contribution in [0.2, 0.25) is 0 Å². The molecule has 104 valence electrons. The average molecular weight is 278 g/mol. The van der Waals surface area contributed by atoms with Crippen LogP contribution in [-0.2, 0) is 0 Å². The van der Waals surface area contributed by atoms with Gasteiger partial charge in [-0.1, -0.05) is 17.8 Å². The number of aromatic nitrogens is 2. The summed E-state index contributed by atoms with van der Waals surface area (Å²) >= 11 is 1.73. The monoisotopic (exact) mass is 278 g/mol. The van der Waals surface area contributed by atoms with Crippen molar-refractivity contribution >= 4 is 16.5 Å². The van der Waals surface area contributed by atoms with E-state index in [0.717, 1.165) is 41.1 Å². The lowest BCUT2D eigenvalue weighted by Gasteiger charge is -2.40. The third-order valence-corrected chi connectivity index (χ3v) is 6.17. The van der Waals surface area contributed by atoms with Crippen LogP contribution in [0.4, 0.5) is 5.13 Å². The van der Waals surface area contributed by atoms with Gasteiger partial charge in [0, 0.05) is 32.2 Å². The first kappa shape index (κ1) is 12.1. The number of rotatable bonds is 2. The molecule has 1 aromatic rings. The van der Waals surface area contributed by atoms with E-state index in [-0.39, 0.29) is 0 Å². The van der Waals surface area contributed by atoms with E-state index in [1.165, 1.54) is 38.8 Å². The molecule has 3 unspecified atom stereocenters. The number of aryl methyl sites for hydroxylation is 1. The molecule has 0 spiro atoms. The Morgan fingerprint density at radius 3 is 2.47 bits per heavy atom. The van der Waals surface area contributed by atoms with Crippen molar-refractivity contribution < 1.29 is 0 Å². The van der Waals surface area contributed by atoms with Gasteiger partial charge in [-0.25, -0.2) is 0 Å². The molecule has 1 aromatic heterocycles. The van der Waals surface area contributed by atoms with Gasteiger partial charge in [0.1, 0.15) is 5.01 Å². The topological polar surface area (TPSA) is 32.3 Å². The Hall–Kier alpha value is -0.680. The van der Waals surface area contributed by atoms with E-state index in [0.29, 0.717) is 0 Å². The Balaban J connectivity index is 1.37. The van der Waals surface area contributed by atoms with Crippen LogP contribution in [0.1, 0.15) is 30.7 Å². The van der Waals surface area contributed by atoms with Crippen molar-refractivity contribution in [2.45, 2.75) is 38.6 Å². The van der Waals surface area contributed by atoms with Crippen molar-refractivity contribution in [3.63, 3.8) is 0 Å². The standard InChI is InChI=1S/C14H22N4S/c1-10-15-16-14(19-10)18-6-4-17(5-7-18)13-9-11-2-3-12(13)8-11/h11-13H,2-9H2,1H3. The predicted molar refractivity (Wildman–Crippen MR) is 77.7 cm³/mol. The Kier molecular flexibility index (Phi) is 2.99. The zero-order chi connectivity index (χ0) is 12.8. The first-order valence-corrected chi connectivity index (χ1v) is 8.40. The van der Waals surface area contributed by atoms with Gasteiger partial charge in [0.05, 0.1) is 0 Å². The summed E-state index contributed by atoms with van der Waals surface area (Å²) in [5.41, 5.74) is 0. The van der Waals surface area contributed by atoms with E-state index >= 15 is 0 Å². The highest BCUT2D eigenvalue weighted by atomic mass is 32.1. The van der Waals surface area contributed by atoms with E-state index in [1.807, 2.05) is 6.92 Å². The second-order valence-corrected chi connectivity index (χ2v) is 7.53.